The molecule has 1 aliphatic carbocycles. The molecule has 0 radical (unpaired) electrons. The molecule has 2 rings (SSSR count). The van der Waals surface area contributed by atoms with Crippen molar-refractivity contribution < 1.29 is 14.2 Å². The molecular weight excluding hydrogens is 178 g/mol. The number of carbonyl (C=O) groups is 1. The molecule has 1 fully saturated rings. The molecule has 0 saturated heterocycles. The molecule has 1 heterocycles. The molecule has 0 aliphatic heterocycles. The van der Waals surface area contributed by atoms with E-state index in [9.17, 15) is 4.79 Å². The van der Waals surface area contributed by atoms with Gasteiger partial charge in [-0.1, -0.05) is 0 Å². The van der Waals surface area contributed by atoms with Gasteiger partial charge in [-0.25, -0.2) is 4.99 Å². The highest BCUT2D eigenvalue weighted by Gasteiger charge is 2.18. The van der Waals surface area contributed by atoms with Crippen molar-refractivity contribution in [3.8, 4) is 0 Å². The van der Waals surface area contributed by atoms with Gasteiger partial charge in [-0.15, -0.1) is 0 Å². The highest BCUT2D eigenvalue weighted by atomic mass is 16.3. The molecule has 0 amide bonds. The third-order valence-corrected chi connectivity index (χ3v) is 2.44. The van der Waals surface area contributed by atoms with Crippen molar-refractivity contribution in [3.63, 3.8) is 0 Å². The van der Waals surface area contributed by atoms with Crippen LogP contribution in [0.5, 0.6) is 0 Å². The Morgan fingerprint density at radius 2 is 2.36 bits per heavy atom. The number of hydrogen-bond donors (Lipinski definition) is 1. The second-order valence-corrected chi connectivity index (χ2v) is 3.61. The Morgan fingerprint density at radius 1 is 1.43 bits per heavy atom. The van der Waals surface area contributed by atoms with E-state index in [0.717, 1.165) is 30.7 Å². The second kappa shape index (κ2) is 4.22. The zero-order chi connectivity index (χ0) is 9.80. The Hall–Kier alpha value is -1.38. The molecule has 0 unspecified atom stereocenters. The molecule has 3 nitrogen and oxygen atoms in total. The summed E-state index contributed by atoms with van der Waals surface area (Å²) in [6.07, 6.45) is 5.01. The summed E-state index contributed by atoms with van der Waals surface area (Å²) >= 11 is 0. The number of furan rings is 1. The lowest BCUT2D eigenvalue weighted by Crippen LogP contribution is -2.71. The Bertz CT molecular complexity index is 338. The van der Waals surface area contributed by atoms with Crippen molar-refractivity contribution in [2.75, 3.05) is 0 Å². The highest BCUT2D eigenvalue weighted by Crippen LogP contribution is 2.08. The van der Waals surface area contributed by atoms with Crippen LogP contribution in [0, 0.1) is 0 Å². The molecule has 1 aliphatic rings. The van der Waals surface area contributed by atoms with Crippen LogP contribution in [-0.4, -0.2) is 11.5 Å². The van der Waals surface area contributed by atoms with Crippen molar-refractivity contribution in [3.05, 3.63) is 24.2 Å². The number of nitrogens with one attached hydrogen (secondary N) is 1. The van der Waals surface area contributed by atoms with Crippen LogP contribution in [0.1, 0.15) is 31.4 Å². The zero-order valence-corrected chi connectivity index (χ0v) is 8.08. The van der Waals surface area contributed by atoms with E-state index in [4.69, 9.17) is 4.42 Å². The first-order valence-corrected chi connectivity index (χ1v) is 4.97. The smallest absolute Gasteiger partial charge is 0.198 e. The van der Waals surface area contributed by atoms with Crippen molar-refractivity contribution in [2.24, 2.45) is 0 Å². The van der Waals surface area contributed by atoms with Gasteiger partial charge in [-0.3, -0.25) is 4.79 Å². The van der Waals surface area contributed by atoms with E-state index in [1.54, 1.807) is 6.26 Å². The predicted octanol–water partition coefficient (Wildman–Crippen LogP) is 0.444. The van der Waals surface area contributed by atoms with Gasteiger partial charge >= 0.3 is 0 Å². The summed E-state index contributed by atoms with van der Waals surface area (Å²) in [5, 5.41) is 0. The lowest BCUT2D eigenvalue weighted by atomic mass is 9.97. The quantitative estimate of drug-likeness (QED) is 0.739. The maximum Gasteiger partial charge on any atom is 0.198 e. The summed E-state index contributed by atoms with van der Waals surface area (Å²) in [6, 6.07) is 3.80. The van der Waals surface area contributed by atoms with Crippen LogP contribution in [0.25, 0.3) is 0 Å². The fourth-order valence-corrected chi connectivity index (χ4v) is 1.69. The van der Waals surface area contributed by atoms with E-state index in [0.29, 0.717) is 18.7 Å². The molecule has 0 aromatic carbocycles. The van der Waals surface area contributed by atoms with Crippen molar-refractivity contribution in [1.82, 2.24) is 0 Å². The van der Waals surface area contributed by atoms with Crippen LogP contribution in [0.15, 0.2) is 22.8 Å². The molecular formula is C11H14NO2+. The van der Waals surface area contributed by atoms with E-state index in [1.165, 1.54) is 0 Å². The van der Waals surface area contributed by atoms with Gasteiger partial charge in [0.25, 0.3) is 0 Å². The Kier molecular flexibility index (Phi) is 2.77. The van der Waals surface area contributed by atoms with Gasteiger partial charge in [0.05, 0.1) is 12.7 Å². The van der Waals surface area contributed by atoms with Crippen molar-refractivity contribution in [1.29, 1.82) is 0 Å². The normalized spacial score (nSPS) is 20.3. The van der Waals surface area contributed by atoms with Gasteiger partial charge in [0, 0.05) is 12.8 Å². The third kappa shape index (κ3) is 2.31. The van der Waals surface area contributed by atoms with Crippen molar-refractivity contribution >= 4 is 11.5 Å². The number of hydrogen-bond acceptors (Lipinski definition) is 2. The number of rotatable bonds is 2. The standard InChI is InChI=1S/C11H13NO2/c13-10-4-1-3-9(7-10)12-8-11-5-2-6-14-11/h2,5-6H,1,3-4,7-8H2/p+1. The third-order valence-electron chi connectivity index (χ3n) is 2.44. The molecule has 0 atom stereocenters. The molecule has 0 bridgehead atoms. The average Bonchev–Trinajstić information content (AvgIpc) is 2.67. The van der Waals surface area contributed by atoms with Crippen LogP contribution in [-0.2, 0) is 11.3 Å². The first-order chi connectivity index (χ1) is 6.84. The van der Waals surface area contributed by atoms with Gasteiger partial charge in [0.15, 0.2) is 18.0 Å². The Morgan fingerprint density at radius 3 is 3.07 bits per heavy atom. The largest absolute Gasteiger partial charge is 0.463 e. The molecule has 1 aromatic rings. The number of carbonyl (C=O) groups excluding carboxylic acids is 1. The SMILES string of the molecule is O=C1CCCC(=[NH+]Cc2ccco2)C1. The lowest BCUT2D eigenvalue weighted by molar-refractivity contribution is -0.480. The van der Waals surface area contributed by atoms with E-state index in [-0.39, 0.29) is 0 Å². The summed E-state index contributed by atoms with van der Waals surface area (Å²) < 4.78 is 5.19. The number of ketones is 1. The average molecular weight is 192 g/mol. The van der Waals surface area contributed by atoms with E-state index < -0.39 is 0 Å². The summed E-state index contributed by atoms with van der Waals surface area (Å²) in [7, 11) is 0. The van der Waals surface area contributed by atoms with Gasteiger partial charge in [0.1, 0.15) is 5.78 Å². The van der Waals surface area contributed by atoms with Crippen LogP contribution >= 0.6 is 0 Å². The summed E-state index contributed by atoms with van der Waals surface area (Å²) in [4.78, 5) is 14.4. The van der Waals surface area contributed by atoms with E-state index in [2.05, 4.69) is 4.99 Å². The molecule has 0 spiro atoms. The van der Waals surface area contributed by atoms with Gasteiger partial charge in [0.2, 0.25) is 0 Å². The molecule has 14 heavy (non-hydrogen) atoms. The molecule has 1 aromatic heterocycles. The first-order valence-electron chi connectivity index (χ1n) is 4.97. The zero-order valence-electron chi connectivity index (χ0n) is 8.08. The predicted molar refractivity (Wildman–Crippen MR) is 51.9 cm³/mol. The summed E-state index contributed by atoms with van der Waals surface area (Å²) in [6.45, 7) is 0.690. The Labute approximate surface area is 82.8 Å². The van der Waals surface area contributed by atoms with E-state index >= 15 is 0 Å². The maximum absolute atomic E-state index is 11.2. The molecule has 1 N–H and O–H groups in total. The summed E-state index contributed by atoms with van der Waals surface area (Å²) in [5.41, 5.74) is 1.15. The Balaban J connectivity index is 1.94. The van der Waals surface area contributed by atoms with Gasteiger partial charge in [-0.2, -0.15) is 0 Å². The molecule has 74 valence electrons. The van der Waals surface area contributed by atoms with Gasteiger partial charge in [-0.05, 0) is 18.6 Å². The molecule has 3 heteroatoms. The fraction of sp³-hybridized carbons (Fsp3) is 0.455. The summed E-state index contributed by atoms with van der Waals surface area (Å²) in [5.74, 6) is 1.26. The van der Waals surface area contributed by atoms with Crippen LogP contribution < -0.4 is 4.99 Å². The fourth-order valence-electron chi connectivity index (χ4n) is 1.69. The second-order valence-electron chi connectivity index (χ2n) is 3.61. The minimum atomic E-state index is 0.346. The van der Waals surface area contributed by atoms with Crippen molar-refractivity contribution in [2.45, 2.75) is 32.2 Å². The number of Topliss-reactive ketones (excluding diaryl/α,β-unsaturated/α-hetero) is 1. The minimum Gasteiger partial charge on any atom is -0.463 e. The van der Waals surface area contributed by atoms with Crippen LogP contribution in [0.2, 0.25) is 0 Å². The lowest BCUT2D eigenvalue weighted by Gasteiger charge is -2.06. The highest BCUT2D eigenvalue weighted by molar-refractivity contribution is 6.01. The molecule has 1 saturated carbocycles. The van der Waals surface area contributed by atoms with E-state index in [1.807, 2.05) is 12.1 Å². The van der Waals surface area contributed by atoms with Gasteiger partial charge < -0.3 is 4.42 Å². The monoisotopic (exact) mass is 192 g/mol. The first kappa shape index (κ1) is 9.19. The van der Waals surface area contributed by atoms with Crippen LogP contribution in [0.3, 0.4) is 0 Å². The van der Waals surface area contributed by atoms with Crippen LogP contribution in [0.4, 0.5) is 0 Å². The minimum absolute atomic E-state index is 0.346. The topological polar surface area (TPSA) is 44.2 Å². The maximum atomic E-state index is 11.2.